The Morgan fingerprint density at radius 1 is 1.50 bits per heavy atom. The Morgan fingerprint density at radius 3 is 3.00 bits per heavy atom. The molecule has 2 atom stereocenters. The highest BCUT2D eigenvalue weighted by Crippen LogP contribution is 2.27. The van der Waals surface area contributed by atoms with Gasteiger partial charge < -0.3 is 10.1 Å². The van der Waals surface area contributed by atoms with E-state index in [0.29, 0.717) is 12.1 Å². The molecule has 1 aliphatic rings. The van der Waals surface area contributed by atoms with E-state index in [1.165, 1.54) is 18.4 Å². The van der Waals surface area contributed by atoms with Crippen molar-refractivity contribution in [3.8, 4) is 0 Å². The lowest BCUT2D eigenvalue weighted by Gasteiger charge is -2.21. The number of halogens is 2. The van der Waals surface area contributed by atoms with E-state index >= 15 is 0 Å². The van der Waals surface area contributed by atoms with Crippen molar-refractivity contribution in [2.24, 2.45) is 0 Å². The zero-order chi connectivity index (χ0) is 14.4. The molecule has 1 fully saturated rings. The zero-order valence-corrected chi connectivity index (χ0v) is 14.9. The molecule has 0 bridgehead atoms. The summed E-state index contributed by atoms with van der Waals surface area (Å²) >= 11 is 8.53. The lowest BCUT2D eigenvalue weighted by atomic mass is 9.99. The highest BCUT2D eigenvalue weighted by Gasteiger charge is 2.19. The first-order valence-corrected chi connectivity index (χ1v) is 8.96. The summed E-state index contributed by atoms with van der Waals surface area (Å²) in [6.07, 6.45) is 6.28. The van der Waals surface area contributed by atoms with Gasteiger partial charge in [-0.3, -0.25) is 0 Å². The lowest BCUT2D eigenvalue weighted by Crippen LogP contribution is -2.23. The number of benzene rings is 1. The maximum Gasteiger partial charge on any atom is 0.0576 e. The number of ether oxygens (including phenoxy) is 1. The Bertz CT molecular complexity index is 421. The average molecular weight is 408 g/mol. The molecule has 4 heteroatoms. The van der Waals surface area contributed by atoms with Crippen molar-refractivity contribution in [1.29, 1.82) is 0 Å². The maximum absolute atomic E-state index is 6.26. The Morgan fingerprint density at radius 2 is 2.35 bits per heavy atom. The second kappa shape index (κ2) is 8.57. The summed E-state index contributed by atoms with van der Waals surface area (Å²) < 4.78 is 6.84. The van der Waals surface area contributed by atoms with Gasteiger partial charge in [0.15, 0.2) is 0 Å². The van der Waals surface area contributed by atoms with Crippen LogP contribution < -0.4 is 5.32 Å². The Hall–Kier alpha value is 0.160. The summed E-state index contributed by atoms with van der Waals surface area (Å²) in [7, 11) is 0. The van der Waals surface area contributed by atoms with Crippen molar-refractivity contribution in [1.82, 2.24) is 5.32 Å². The molecular weight excluding hydrogens is 385 g/mol. The van der Waals surface area contributed by atoms with E-state index < -0.39 is 0 Å². The van der Waals surface area contributed by atoms with Crippen LogP contribution in [0.5, 0.6) is 0 Å². The fourth-order valence-electron chi connectivity index (χ4n) is 2.66. The van der Waals surface area contributed by atoms with Crippen molar-refractivity contribution >= 4 is 34.2 Å². The largest absolute Gasteiger partial charge is 0.378 e. The van der Waals surface area contributed by atoms with E-state index in [2.05, 4.69) is 53.0 Å². The van der Waals surface area contributed by atoms with E-state index in [-0.39, 0.29) is 0 Å². The predicted molar refractivity (Wildman–Crippen MR) is 93.4 cm³/mol. The fraction of sp³-hybridized carbons (Fsp3) is 0.625. The van der Waals surface area contributed by atoms with Crippen LogP contribution in [0.15, 0.2) is 18.2 Å². The van der Waals surface area contributed by atoms with Gasteiger partial charge in [-0.25, -0.2) is 0 Å². The topological polar surface area (TPSA) is 21.3 Å². The van der Waals surface area contributed by atoms with E-state index in [4.69, 9.17) is 16.3 Å². The van der Waals surface area contributed by atoms with Crippen molar-refractivity contribution in [2.45, 2.75) is 51.2 Å². The van der Waals surface area contributed by atoms with Crippen LogP contribution >= 0.6 is 34.2 Å². The first kappa shape index (κ1) is 16.5. The maximum atomic E-state index is 6.26. The van der Waals surface area contributed by atoms with Gasteiger partial charge in [-0.1, -0.05) is 24.6 Å². The fourth-order valence-corrected chi connectivity index (χ4v) is 3.18. The van der Waals surface area contributed by atoms with Crippen LogP contribution in [-0.2, 0) is 4.74 Å². The van der Waals surface area contributed by atoms with Gasteiger partial charge in [0.05, 0.1) is 11.1 Å². The summed E-state index contributed by atoms with van der Waals surface area (Å²) in [6, 6.07) is 6.78. The first-order chi connectivity index (χ1) is 9.70. The number of hydrogen-bond donors (Lipinski definition) is 1. The highest BCUT2D eigenvalue weighted by molar-refractivity contribution is 14.1. The van der Waals surface area contributed by atoms with Crippen LogP contribution in [-0.4, -0.2) is 19.3 Å². The Labute approximate surface area is 140 Å². The summed E-state index contributed by atoms with van der Waals surface area (Å²) in [5.41, 5.74) is 1.29. The van der Waals surface area contributed by atoms with Crippen molar-refractivity contribution in [3.05, 3.63) is 32.4 Å². The molecule has 2 rings (SSSR count). The normalized spacial score (nSPS) is 20.2. The molecule has 20 heavy (non-hydrogen) atoms. The second-order valence-electron chi connectivity index (χ2n) is 5.39. The molecule has 1 aliphatic heterocycles. The van der Waals surface area contributed by atoms with Crippen molar-refractivity contribution in [2.75, 3.05) is 13.2 Å². The van der Waals surface area contributed by atoms with Crippen LogP contribution in [0.2, 0.25) is 5.02 Å². The number of rotatable bonds is 7. The predicted octanol–water partition coefficient (Wildman–Crippen LogP) is 4.94. The third-order valence-corrected chi connectivity index (χ3v) is 5.36. The van der Waals surface area contributed by atoms with Gasteiger partial charge in [0.1, 0.15) is 0 Å². The molecule has 0 radical (unpaired) electrons. The summed E-state index contributed by atoms with van der Waals surface area (Å²) in [5, 5.41) is 4.49. The summed E-state index contributed by atoms with van der Waals surface area (Å²) in [5.74, 6) is 0. The molecule has 2 nitrogen and oxygen atoms in total. The molecule has 1 aromatic carbocycles. The molecule has 0 amide bonds. The minimum Gasteiger partial charge on any atom is -0.378 e. The monoisotopic (exact) mass is 407 g/mol. The molecule has 0 aliphatic carbocycles. The van der Waals surface area contributed by atoms with E-state index in [1.807, 2.05) is 0 Å². The molecule has 0 saturated carbocycles. The molecule has 2 unspecified atom stereocenters. The van der Waals surface area contributed by atoms with Gasteiger partial charge >= 0.3 is 0 Å². The van der Waals surface area contributed by atoms with Crippen molar-refractivity contribution in [3.63, 3.8) is 0 Å². The third-order valence-electron chi connectivity index (χ3n) is 3.79. The second-order valence-corrected chi connectivity index (χ2v) is 6.96. The molecular formula is C16H23ClINO. The van der Waals surface area contributed by atoms with Gasteiger partial charge in [-0.05, 0) is 78.9 Å². The molecule has 1 N–H and O–H groups in total. The van der Waals surface area contributed by atoms with E-state index in [9.17, 15) is 0 Å². The quantitative estimate of drug-likeness (QED) is 0.646. The van der Waals surface area contributed by atoms with E-state index in [0.717, 1.165) is 41.0 Å². The highest BCUT2D eigenvalue weighted by atomic mass is 127. The van der Waals surface area contributed by atoms with Gasteiger partial charge in [0, 0.05) is 16.2 Å². The average Bonchev–Trinajstić information content (AvgIpc) is 2.95. The SMILES string of the molecule is CCCNC(CCC1CCCO1)c1ccc(I)c(Cl)c1. The molecule has 0 spiro atoms. The van der Waals surface area contributed by atoms with Crippen LogP contribution in [0.25, 0.3) is 0 Å². The van der Waals surface area contributed by atoms with Crippen LogP contribution in [0.1, 0.15) is 50.6 Å². The molecule has 1 heterocycles. The Balaban J connectivity index is 1.99. The standard InChI is InChI=1S/C16H23ClINO/c1-2-9-19-16(8-6-13-4-3-10-20-13)12-5-7-15(18)14(17)11-12/h5,7,11,13,16,19H,2-4,6,8-10H2,1H3. The van der Waals surface area contributed by atoms with Gasteiger partial charge in [-0.15, -0.1) is 0 Å². The number of nitrogens with one attached hydrogen (secondary N) is 1. The Kier molecular flexibility index (Phi) is 7.08. The molecule has 1 aromatic rings. The summed E-state index contributed by atoms with van der Waals surface area (Å²) in [4.78, 5) is 0. The molecule has 0 aromatic heterocycles. The minimum absolute atomic E-state index is 0.383. The minimum atomic E-state index is 0.383. The summed E-state index contributed by atoms with van der Waals surface area (Å²) in [6.45, 7) is 4.18. The van der Waals surface area contributed by atoms with E-state index in [1.54, 1.807) is 0 Å². The van der Waals surface area contributed by atoms with Gasteiger partial charge in [0.25, 0.3) is 0 Å². The van der Waals surface area contributed by atoms with Crippen LogP contribution in [0, 0.1) is 3.57 Å². The lowest BCUT2D eigenvalue weighted by molar-refractivity contribution is 0.0996. The molecule has 1 saturated heterocycles. The van der Waals surface area contributed by atoms with Crippen LogP contribution in [0.3, 0.4) is 0 Å². The first-order valence-electron chi connectivity index (χ1n) is 7.50. The molecule has 112 valence electrons. The third kappa shape index (κ3) is 4.86. The van der Waals surface area contributed by atoms with Gasteiger partial charge in [0.2, 0.25) is 0 Å². The smallest absolute Gasteiger partial charge is 0.0576 e. The number of hydrogen-bond acceptors (Lipinski definition) is 2. The zero-order valence-electron chi connectivity index (χ0n) is 12.0. The van der Waals surface area contributed by atoms with Gasteiger partial charge in [-0.2, -0.15) is 0 Å². The van der Waals surface area contributed by atoms with Crippen LogP contribution in [0.4, 0.5) is 0 Å². The van der Waals surface area contributed by atoms with Crippen molar-refractivity contribution < 1.29 is 4.74 Å².